The molecule has 1 aliphatic rings. The van der Waals surface area contributed by atoms with Gasteiger partial charge in [-0.3, -0.25) is 0 Å². The lowest BCUT2D eigenvalue weighted by Crippen LogP contribution is -2.40. The van der Waals surface area contributed by atoms with E-state index in [9.17, 15) is 13.2 Å². The van der Waals surface area contributed by atoms with Crippen molar-refractivity contribution in [2.45, 2.75) is 39.3 Å². The fourth-order valence-electron chi connectivity index (χ4n) is 3.29. The van der Waals surface area contributed by atoms with Crippen molar-refractivity contribution < 1.29 is 22.7 Å². The topological polar surface area (TPSA) is 77.8 Å². The molecule has 2 heterocycles. The van der Waals surface area contributed by atoms with Gasteiger partial charge in [0.2, 0.25) is 10.0 Å². The lowest BCUT2D eigenvalue weighted by Gasteiger charge is -2.30. The number of hydrogen-bond donors (Lipinski definition) is 0. The van der Waals surface area contributed by atoms with E-state index in [-0.39, 0.29) is 0 Å². The summed E-state index contributed by atoms with van der Waals surface area (Å²) in [6.45, 7) is 6.17. The Kier molecular flexibility index (Phi) is 4.42. The zero-order chi connectivity index (χ0) is 19.3. The van der Waals surface area contributed by atoms with Crippen LogP contribution in [0.1, 0.15) is 32.0 Å². The van der Waals surface area contributed by atoms with Gasteiger partial charge in [-0.1, -0.05) is 0 Å². The molecule has 0 saturated carbocycles. The van der Waals surface area contributed by atoms with Crippen molar-refractivity contribution in [1.82, 2.24) is 8.87 Å². The third kappa shape index (κ3) is 3.38. The van der Waals surface area contributed by atoms with Crippen molar-refractivity contribution >= 4 is 27.0 Å². The van der Waals surface area contributed by atoms with Crippen LogP contribution in [0.25, 0.3) is 10.9 Å². The van der Waals surface area contributed by atoms with Crippen molar-refractivity contribution in [3.05, 3.63) is 29.5 Å². The van der Waals surface area contributed by atoms with E-state index in [4.69, 9.17) is 9.47 Å². The third-order valence-electron chi connectivity index (χ3n) is 4.29. The predicted molar refractivity (Wildman–Crippen MR) is 99.1 cm³/mol. The van der Waals surface area contributed by atoms with Gasteiger partial charge in [0.15, 0.2) is 0 Å². The normalized spacial score (nSPS) is 15.0. The summed E-state index contributed by atoms with van der Waals surface area (Å²) < 4.78 is 36.9. The minimum atomic E-state index is -3.47. The van der Waals surface area contributed by atoms with E-state index in [2.05, 4.69) is 0 Å². The molecule has 3 rings (SSSR count). The molecule has 1 aliphatic heterocycles. The highest BCUT2D eigenvalue weighted by Gasteiger charge is 2.31. The van der Waals surface area contributed by atoms with Gasteiger partial charge in [-0.15, -0.1) is 0 Å². The molecule has 26 heavy (non-hydrogen) atoms. The predicted octanol–water partition coefficient (Wildman–Crippen LogP) is 2.75. The van der Waals surface area contributed by atoms with Crippen LogP contribution in [0.4, 0.5) is 4.79 Å². The molecular formula is C18H24N2O5S. The Balaban J connectivity index is 2.10. The summed E-state index contributed by atoms with van der Waals surface area (Å²) in [4.78, 5) is 14.1. The van der Waals surface area contributed by atoms with Crippen LogP contribution in [0.3, 0.4) is 0 Å². The summed E-state index contributed by atoms with van der Waals surface area (Å²) in [5, 5.41) is 0.776. The van der Waals surface area contributed by atoms with Crippen LogP contribution in [0.2, 0.25) is 0 Å². The van der Waals surface area contributed by atoms with Gasteiger partial charge in [0.1, 0.15) is 11.4 Å². The van der Waals surface area contributed by atoms with Crippen LogP contribution >= 0.6 is 0 Å². The molecule has 8 heteroatoms. The van der Waals surface area contributed by atoms with Gasteiger partial charge in [-0.05, 0) is 39.0 Å². The number of amides is 1. The molecule has 0 unspecified atom stereocenters. The van der Waals surface area contributed by atoms with Gasteiger partial charge in [-0.2, -0.15) is 0 Å². The Hall–Kier alpha value is -2.22. The highest BCUT2D eigenvalue weighted by molar-refractivity contribution is 7.89. The number of benzene rings is 1. The maximum Gasteiger partial charge on any atom is 0.410 e. The fraction of sp³-hybridized carbons (Fsp3) is 0.500. The number of fused-ring (bicyclic) bond motifs is 3. The summed E-state index contributed by atoms with van der Waals surface area (Å²) in [5.41, 5.74) is 1.56. The van der Waals surface area contributed by atoms with Crippen LogP contribution in [0.5, 0.6) is 5.75 Å². The minimum absolute atomic E-state index is 0.302. The second-order valence-electron chi connectivity index (χ2n) is 7.49. The Morgan fingerprint density at radius 2 is 1.92 bits per heavy atom. The van der Waals surface area contributed by atoms with E-state index in [1.165, 1.54) is 10.2 Å². The van der Waals surface area contributed by atoms with Gasteiger partial charge in [0, 0.05) is 29.6 Å². The molecule has 1 amide bonds. The second-order valence-corrected chi connectivity index (χ2v) is 9.32. The Morgan fingerprint density at radius 1 is 1.23 bits per heavy atom. The van der Waals surface area contributed by atoms with Crippen LogP contribution in [-0.4, -0.2) is 48.9 Å². The Morgan fingerprint density at radius 3 is 2.50 bits per heavy atom. The number of methoxy groups -OCH3 is 1. The molecule has 0 aliphatic carbocycles. The first-order valence-corrected chi connectivity index (χ1v) is 10.2. The van der Waals surface area contributed by atoms with Gasteiger partial charge in [0.25, 0.3) is 0 Å². The van der Waals surface area contributed by atoms with Gasteiger partial charge < -0.3 is 14.4 Å². The second kappa shape index (κ2) is 6.19. The number of ether oxygens (including phenoxy) is 2. The lowest BCUT2D eigenvalue weighted by molar-refractivity contribution is 0.0224. The van der Waals surface area contributed by atoms with Crippen LogP contribution in [0, 0.1) is 0 Å². The van der Waals surface area contributed by atoms with Crippen LogP contribution in [-0.2, 0) is 27.7 Å². The van der Waals surface area contributed by atoms with Crippen molar-refractivity contribution in [1.29, 1.82) is 0 Å². The van der Waals surface area contributed by atoms with Crippen molar-refractivity contribution in [3.8, 4) is 5.75 Å². The Bertz CT molecular complexity index is 970. The molecule has 7 nitrogen and oxygen atoms in total. The van der Waals surface area contributed by atoms with Crippen molar-refractivity contribution in [3.63, 3.8) is 0 Å². The molecule has 2 aromatic rings. The van der Waals surface area contributed by atoms with E-state index in [1.54, 1.807) is 24.1 Å². The third-order valence-corrected chi connectivity index (χ3v) is 5.37. The highest BCUT2D eigenvalue weighted by atomic mass is 32.2. The van der Waals surface area contributed by atoms with E-state index in [1.807, 2.05) is 26.8 Å². The van der Waals surface area contributed by atoms with Gasteiger partial charge in [0.05, 0.1) is 25.4 Å². The van der Waals surface area contributed by atoms with E-state index >= 15 is 0 Å². The maximum absolute atomic E-state index is 12.4. The standard InChI is InChI=1S/C18H24N2O5S/c1-18(2,3)25-17(21)19-9-8-16-14(11-19)13-10-12(24-4)6-7-15(13)20(16)26(5,22)23/h6-7,10H,8-9,11H2,1-5H3. The number of aromatic nitrogens is 1. The van der Waals surface area contributed by atoms with Crippen molar-refractivity contribution in [2.75, 3.05) is 19.9 Å². The molecule has 0 bridgehead atoms. The fourth-order valence-corrected chi connectivity index (χ4v) is 4.40. The first kappa shape index (κ1) is 18.6. The largest absolute Gasteiger partial charge is 0.497 e. The number of rotatable bonds is 2. The van der Waals surface area contributed by atoms with E-state index in [0.29, 0.717) is 30.8 Å². The zero-order valence-corrected chi connectivity index (χ0v) is 16.5. The quantitative estimate of drug-likeness (QED) is 0.801. The minimum Gasteiger partial charge on any atom is -0.497 e. The van der Waals surface area contributed by atoms with E-state index in [0.717, 1.165) is 16.6 Å². The molecule has 0 radical (unpaired) electrons. The van der Waals surface area contributed by atoms with Crippen LogP contribution < -0.4 is 4.74 Å². The number of nitrogens with zero attached hydrogens (tertiary/aromatic N) is 2. The summed E-state index contributed by atoms with van der Waals surface area (Å²) in [7, 11) is -1.91. The first-order valence-electron chi connectivity index (χ1n) is 8.40. The average molecular weight is 380 g/mol. The molecule has 1 aromatic heterocycles. The highest BCUT2D eigenvalue weighted by Crippen LogP contribution is 2.34. The molecule has 0 fully saturated rings. The summed E-state index contributed by atoms with van der Waals surface area (Å²) in [5.74, 6) is 0.639. The van der Waals surface area contributed by atoms with Gasteiger partial charge in [-0.25, -0.2) is 17.2 Å². The van der Waals surface area contributed by atoms with Crippen molar-refractivity contribution in [2.24, 2.45) is 0 Å². The first-order chi connectivity index (χ1) is 12.0. The van der Waals surface area contributed by atoms with E-state index < -0.39 is 21.7 Å². The molecule has 0 saturated heterocycles. The maximum atomic E-state index is 12.4. The molecule has 0 N–H and O–H groups in total. The zero-order valence-electron chi connectivity index (χ0n) is 15.7. The lowest BCUT2D eigenvalue weighted by atomic mass is 10.0. The summed E-state index contributed by atoms with van der Waals surface area (Å²) in [6, 6.07) is 5.29. The molecule has 0 atom stereocenters. The molecular weight excluding hydrogens is 356 g/mol. The molecule has 142 valence electrons. The summed E-state index contributed by atoms with van der Waals surface area (Å²) in [6.07, 6.45) is 1.24. The number of carbonyl (C=O) groups is 1. The SMILES string of the molecule is COc1ccc2c(c1)c1c(n2S(C)(=O)=O)CCN(C(=O)OC(C)(C)C)C1. The Labute approximate surface area is 153 Å². The average Bonchev–Trinajstić information content (AvgIpc) is 2.85. The van der Waals surface area contributed by atoms with Gasteiger partial charge >= 0.3 is 6.09 Å². The molecule has 0 spiro atoms. The van der Waals surface area contributed by atoms with Crippen LogP contribution in [0.15, 0.2) is 18.2 Å². The summed E-state index contributed by atoms with van der Waals surface area (Å²) >= 11 is 0. The smallest absolute Gasteiger partial charge is 0.410 e. The number of hydrogen-bond acceptors (Lipinski definition) is 5. The monoisotopic (exact) mass is 380 g/mol. The number of carbonyl (C=O) groups excluding carboxylic acids is 1. The molecule has 1 aromatic carbocycles.